The van der Waals surface area contributed by atoms with Crippen LogP contribution in [-0.4, -0.2) is 18.0 Å². The van der Waals surface area contributed by atoms with Gasteiger partial charge in [-0.1, -0.05) is 0 Å². The van der Waals surface area contributed by atoms with E-state index in [9.17, 15) is 4.79 Å². The lowest BCUT2D eigenvalue weighted by Crippen LogP contribution is -2.23. The van der Waals surface area contributed by atoms with E-state index in [2.05, 4.69) is 10.3 Å². The number of rotatable bonds is 4. The molecule has 3 N–H and O–H groups in total. The van der Waals surface area contributed by atoms with E-state index >= 15 is 0 Å². The first-order chi connectivity index (χ1) is 9.61. The topological polar surface area (TPSA) is 77.2 Å². The number of nitrogen functional groups attached to an aromatic ring is 1. The zero-order valence-corrected chi connectivity index (χ0v) is 11.5. The van der Waals surface area contributed by atoms with E-state index in [0.29, 0.717) is 23.5 Å². The van der Waals surface area contributed by atoms with Crippen LogP contribution in [0.15, 0.2) is 36.7 Å². The number of carbonyl (C=O) groups is 1. The van der Waals surface area contributed by atoms with Crippen LogP contribution in [0.5, 0.6) is 5.75 Å². The number of nitrogens with two attached hydrogens (primary N) is 1. The molecule has 5 nitrogen and oxygen atoms in total. The van der Waals surface area contributed by atoms with Crippen molar-refractivity contribution in [3.8, 4) is 5.75 Å². The molecule has 1 aromatic carbocycles. The molecule has 2 rings (SSSR count). The molecule has 0 bridgehead atoms. The minimum absolute atomic E-state index is 0.196. The summed E-state index contributed by atoms with van der Waals surface area (Å²) in [5, 5.41) is 2.86. The van der Waals surface area contributed by atoms with Crippen molar-refractivity contribution in [1.82, 2.24) is 10.3 Å². The Balaban J connectivity index is 2.11. The van der Waals surface area contributed by atoms with E-state index in [0.717, 1.165) is 11.1 Å². The number of benzene rings is 1. The molecule has 0 aliphatic rings. The fraction of sp³-hybridized carbons (Fsp3) is 0.200. The van der Waals surface area contributed by atoms with Gasteiger partial charge in [0.15, 0.2) is 0 Å². The van der Waals surface area contributed by atoms with Crippen molar-refractivity contribution in [3.05, 3.63) is 53.3 Å². The predicted octanol–water partition coefficient (Wildman–Crippen LogP) is 1.91. The van der Waals surface area contributed by atoms with Crippen LogP contribution in [0.25, 0.3) is 0 Å². The van der Waals surface area contributed by atoms with Crippen molar-refractivity contribution < 1.29 is 9.53 Å². The van der Waals surface area contributed by atoms with Gasteiger partial charge < -0.3 is 15.8 Å². The predicted molar refractivity (Wildman–Crippen MR) is 77.6 cm³/mol. The summed E-state index contributed by atoms with van der Waals surface area (Å²) >= 11 is 0. The average Bonchev–Trinajstić information content (AvgIpc) is 2.46. The SMILES string of the molecule is COc1cc(N)ccc1C(=O)NCc1ccncc1C. The third-order valence-electron chi connectivity index (χ3n) is 3.05. The first-order valence-corrected chi connectivity index (χ1v) is 6.23. The summed E-state index contributed by atoms with van der Waals surface area (Å²) in [4.78, 5) is 16.2. The van der Waals surface area contributed by atoms with Gasteiger partial charge in [-0.05, 0) is 36.2 Å². The maximum Gasteiger partial charge on any atom is 0.255 e. The molecule has 0 aliphatic carbocycles. The number of aromatic nitrogens is 1. The van der Waals surface area contributed by atoms with Crippen LogP contribution in [0, 0.1) is 6.92 Å². The third-order valence-corrected chi connectivity index (χ3v) is 3.05. The second-order valence-electron chi connectivity index (χ2n) is 4.44. The van der Waals surface area contributed by atoms with Crippen LogP contribution in [0.2, 0.25) is 0 Å². The van der Waals surface area contributed by atoms with Crippen LogP contribution < -0.4 is 15.8 Å². The Morgan fingerprint density at radius 1 is 1.40 bits per heavy atom. The molecular weight excluding hydrogens is 254 g/mol. The summed E-state index contributed by atoms with van der Waals surface area (Å²) in [6.45, 7) is 2.40. The zero-order chi connectivity index (χ0) is 14.5. The van der Waals surface area contributed by atoms with Crippen LogP contribution in [0.1, 0.15) is 21.5 Å². The molecule has 0 radical (unpaired) electrons. The van der Waals surface area contributed by atoms with Gasteiger partial charge in [0.25, 0.3) is 5.91 Å². The van der Waals surface area contributed by atoms with Gasteiger partial charge in [-0.2, -0.15) is 0 Å². The Morgan fingerprint density at radius 3 is 2.90 bits per heavy atom. The zero-order valence-electron chi connectivity index (χ0n) is 11.5. The monoisotopic (exact) mass is 271 g/mol. The number of carbonyl (C=O) groups excluding carboxylic acids is 1. The van der Waals surface area contributed by atoms with Gasteiger partial charge in [-0.15, -0.1) is 0 Å². The second-order valence-corrected chi connectivity index (χ2v) is 4.44. The van der Waals surface area contributed by atoms with E-state index in [1.165, 1.54) is 7.11 Å². The number of anilines is 1. The van der Waals surface area contributed by atoms with Crippen molar-refractivity contribution in [2.24, 2.45) is 0 Å². The number of methoxy groups -OCH3 is 1. The summed E-state index contributed by atoms with van der Waals surface area (Å²) in [6.07, 6.45) is 3.48. The Hall–Kier alpha value is -2.56. The number of nitrogens with one attached hydrogen (secondary N) is 1. The standard InChI is InChI=1S/C15H17N3O2/c1-10-8-17-6-5-11(10)9-18-15(19)13-4-3-12(16)7-14(13)20-2/h3-8H,9,16H2,1-2H3,(H,18,19). The molecule has 0 aliphatic heterocycles. The average molecular weight is 271 g/mol. The van der Waals surface area contributed by atoms with Gasteiger partial charge in [-0.3, -0.25) is 9.78 Å². The summed E-state index contributed by atoms with van der Waals surface area (Å²) in [7, 11) is 1.51. The summed E-state index contributed by atoms with van der Waals surface area (Å²) in [5.41, 5.74) is 8.76. The highest BCUT2D eigenvalue weighted by atomic mass is 16.5. The molecule has 0 saturated heterocycles. The normalized spacial score (nSPS) is 10.1. The van der Waals surface area contributed by atoms with Crippen LogP contribution in [-0.2, 0) is 6.54 Å². The largest absolute Gasteiger partial charge is 0.496 e. The third kappa shape index (κ3) is 3.06. The molecule has 1 amide bonds. The summed E-state index contributed by atoms with van der Waals surface area (Å²) in [5.74, 6) is 0.270. The fourth-order valence-corrected chi connectivity index (χ4v) is 1.87. The molecule has 20 heavy (non-hydrogen) atoms. The van der Waals surface area contributed by atoms with Gasteiger partial charge in [-0.25, -0.2) is 0 Å². The van der Waals surface area contributed by atoms with E-state index in [4.69, 9.17) is 10.5 Å². The van der Waals surface area contributed by atoms with Crippen molar-refractivity contribution in [3.63, 3.8) is 0 Å². The molecule has 0 unspecified atom stereocenters. The van der Waals surface area contributed by atoms with Gasteiger partial charge in [0, 0.05) is 30.7 Å². The van der Waals surface area contributed by atoms with Gasteiger partial charge in [0.2, 0.25) is 0 Å². The summed E-state index contributed by atoms with van der Waals surface area (Å²) in [6, 6.07) is 6.85. The number of ether oxygens (including phenoxy) is 1. The molecule has 1 aromatic heterocycles. The van der Waals surface area contributed by atoms with Gasteiger partial charge >= 0.3 is 0 Å². The molecular formula is C15H17N3O2. The van der Waals surface area contributed by atoms with Crippen LogP contribution >= 0.6 is 0 Å². The number of amides is 1. The molecule has 0 saturated carbocycles. The van der Waals surface area contributed by atoms with Crippen LogP contribution in [0.4, 0.5) is 5.69 Å². The number of pyridine rings is 1. The minimum Gasteiger partial charge on any atom is -0.496 e. The smallest absolute Gasteiger partial charge is 0.255 e. The first kappa shape index (κ1) is 13.9. The Kier molecular flexibility index (Phi) is 4.20. The number of hydrogen-bond acceptors (Lipinski definition) is 4. The van der Waals surface area contributed by atoms with Crippen molar-refractivity contribution >= 4 is 11.6 Å². The van der Waals surface area contributed by atoms with E-state index in [-0.39, 0.29) is 5.91 Å². The van der Waals surface area contributed by atoms with Crippen LogP contribution in [0.3, 0.4) is 0 Å². The molecule has 0 spiro atoms. The molecule has 2 aromatic rings. The summed E-state index contributed by atoms with van der Waals surface area (Å²) < 4.78 is 5.17. The highest BCUT2D eigenvalue weighted by molar-refractivity contribution is 5.97. The fourth-order valence-electron chi connectivity index (χ4n) is 1.87. The van der Waals surface area contributed by atoms with Crippen molar-refractivity contribution in [2.45, 2.75) is 13.5 Å². The molecule has 0 atom stereocenters. The second kappa shape index (κ2) is 6.06. The van der Waals surface area contributed by atoms with E-state index < -0.39 is 0 Å². The number of aryl methyl sites for hydroxylation is 1. The minimum atomic E-state index is -0.196. The Labute approximate surface area is 117 Å². The molecule has 1 heterocycles. The van der Waals surface area contributed by atoms with Gasteiger partial charge in [0.05, 0.1) is 12.7 Å². The van der Waals surface area contributed by atoms with E-state index in [1.54, 1.807) is 30.6 Å². The maximum absolute atomic E-state index is 12.2. The first-order valence-electron chi connectivity index (χ1n) is 6.23. The quantitative estimate of drug-likeness (QED) is 0.833. The number of hydrogen-bond donors (Lipinski definition) is 2. The molecule has 0 fully saturated rings. The lowest BCUT2D eigenvalue weighted by atomic mass is 10.1. The Bertz CT molecular complexity index is 626. The van der Waals surface area contributed by atoms with Crippen molar-refractivity contribution in [2.75, 3.05) is 12.8 Å². The lowest BCUT2D eigenvalue weighted by molar-refractivity contribution is 0.0948. The Morgan fingerprint density at radius 2 is 2.20 bits per heavy atom. The van der Waals surface area contributed by atoms with Crippen molar-refractivity contribution in [1.29, 1.82) is 0 Å². The molecule has 104 valence electrons. The number of nitrogens with zero attached hydrogens (tertiary/aromatic N) is 1. The molecule has 5 heteroatoms. The highest BCUT2D eigenvalue weighted by Crippen LogP contribution is 2.21. The van der Waals surface area contributed by atoms with E-state index in [1.807, 2.05) is 13.0 Å². The maximum atomic E-state index is 12.2. The highest BCUT2D eigenvalue weighted by Gasteiger charge is 2.12. The van der Waals surface area contributed by atoms with Gasteiger partial charge in [0.1, 0.15) is 5.75 Å². The lowest BCUT2D eigenvalue weighted by Gasteiger charge is -2.11.